The van der Waals surface area contributed by atoms with Crippen molar-refractivity contribution in [3.63, 3.8) is 0 Å². The van der Waals surface area contributed by atoms with Crippen LogP contribution in [0.4, 0.5) is 10.5 Å². The summed E-state index contributed by atoms with van der Waals surface area (Å²) in [5.41, 5.74) is 4.97. The molecule has 1 aliphatic carbocycles. The number of nitrogens with zero attached hydrogens (tertiary/aromatic N) is 1. The van der Waals surface area contributed by atoms with Crippen molar-refractivity contribution in [2.45, 2.75) is 45.6 Å². The molecule has 0 saturated carbocycles. The molecule has 2 N–H and O–H groups in total. The summed E-state index contributed by atoms with van der Waals surface area (Å²) in [6, 6.07) is 11.0. The van der Waals surface area contributed by atoms with Gasteiger partial charge in [0.15, 0.2) is 0 Å². The number of nitrogens with one attached hydrogen (secondary N) is 2. The first kappa shape index (κ1) is 19.2. The van der Waals surface area contributed by atoms with Crippen molar-refractivity contribution in [1.82, 2.24) is 10.2 Å². The quantitative estimate of drug-likeness (QED) is 0.786. The highest BCUT2D eigenvalue weighted by molar-refractivity contribution is 6.10. The molecule has 1 saturated heterocycles. The molecular weight excluding hydrogens is 366 g/mol. The number of urea groups is 1. The molecule has 4 rings (SSSR count). The van der Waals surface area contributed by atoms with E-state index in [0.29, 0.717) is 5.69 Å². The second-order valence-electron chi connectivity index (χ2n) is 8.13. The Balaban J connectivity index is 1.50. The van der Waals surface area contributed by atoms with E-state index in [-0.39, 0.29) is 6.54 Å². The number of anilines is 1. The predicted molar refractivity (Wildman–Crippen MR) is 111 cm³/mol. The number of amides is 4. The molecule has 2 aliphatic rings. The number of carbonyl (C=O) groups excluding carboxylic acids is 3. The van der Waals surface area contributed by atoms with Gasteiger partial charge in [-0.05, 0) is 80.0 Å². The normalized spacial score (nSPS) is 20.6. The highest BCUT2D eigenvalue weighted by atomic mass is 16.2. The lowest BCUT2D eigenvalue weighted by Gasteiger charge is -2.23. The van der Waals surface area contributed by atoms with E-state index in [2.05, 4.69) is 10.6 Å². The number of benzene rings is 2. The standard InChI is InChI=1S/C23H25N3O3/c1-14-7-10-19(11-15(14)2)24-20(27)13-26-21(28)23(3,25-22(26)29)18-9-8-16-5-4-6-17(16)12-18/h7-12H,4-6,13H2,1-3H3,(H,24,27)(H,25,29)/t23-/m1/s1. The van der Waals surface area contributed by atoms with E-state index in [1.54, 1.807) is 13.0 Å². The lowest BCUT2D eigenvalue weighted by Crippen LogP contribution is -2.42. The van der Waals surface area contributed by atoms with Crippen LogP contribution in [0.15, 0.2) is 36.4 Å². The fourth-order valence-electron chi connectivity index (χ4n) is 4.08. The monoisotopic (exact) mass is 391 g/mol. The highest BCUT2D eigenvalue weighted by Crippen LogP contribution is 2.32. The van der Waals surface area contributed by atoms with Crippen molar-refractivity contribution >= 4 is 23.5 Å². The van der Waals surface area contributed by atoms with Crippen LogP contribution in [0.5, 0.6) is 0 Å². The van der Waals surface area contributed by atoms with Crippen LogP contribution in [0.2, 0.25) is 0 Å². The molecule has 1 aliphatic heterocycles. The van der Waals surface area contributed by atoms with E-state index in [4.69, 9.17) is 0 Å². The second kappa shape index (κ2) is 7.03. The average Bonchev–Trinajstić information content (AvgIpc) is 3.23. The third kappa shape index (κ3) is 3.39. The molecule has 2 aromatic carbocycles. The van der Waals surface area contributed by atoms with Gasteiger partial charge in [-0.2, -0.15) is 0 Å². The van der Waals surface area contributed by atoms with Crippen LogP contribution in [-0.4, -0.2) is 29.3 Å². The lowest BCUT2D eigenvalue weighted by atomic mass is 9.89. The minimum absolute atomic E-state index is 0.321. The SMILES string of the molecule is Cc1ccc(NC(=O)CN2C(=O)N[C@](C)(c3ccc4c(c3)CCC4)C2=O)cc1C. The van der Waals surface area contributed by atoms with Crippen molar-refractivity contribution in [3.8, 4) is 0 Å². The van der Waals surface area contributed by atoms with E-state index in [9.17, 15) is 14.4 Å². The van der Waals surface area contributed by atoms with Gasteiger partial charge in [0.25, 0.3) is 5.91 Å². The first-order valence-electron chi connectivity index (χ1n) is 9.91. The zero-order valence-corrected chi connectivity index (χ0v) is 17.0. The Morgan fingerprint density at radius 1 is 1.07 bits per heavy atom. The minimum atomic E-state index is -1.16. The summed E-state index contributed by atoms with van der Waals surface area (Å²) in [5, 5.41) is 5.55. The smallest absolute Gasteiger partial charge is 0.325 e. The number of carbonyl (C=O) groups is 3. The second-order valence-corrected chi connectivity index (χ2v) is 8.13. The van der Waals surface area contributed by atoms with Gasteiger partial charge >= 0.3 is 6.03 Å². The molecule has 0 unspecified atom stereocenters. The molecule has 0 bridgehead atoms. The van der Waals surface area contributed by atoms with Gasteiger partial charge in [-0.15, -0.1) is 0 Å². The van der Waals surface area contributed by atoms with Gasteiger partial charge in [0, 0.05) is 5.69 Å². The average molecular weight is 391 g/mol. The van der Waals surface area contributed by atoms with Crippen LogP contribution >= 0.6 is 0 Å². The molecule has 1 fully saturated rings. The molecule has 1 heterocycles. The Kier molecular flexibility index (Phi) is 4.65. The maximum Gasteiger partial charge on any atom is 0.325 e. The third-order valence-electron chi connectivity index (χ3n) is 6.04. The van der Waals surface area contributed by atoms with E-state index < -0.39 is 23.4 Å². The zero-order valence-electron chi connectivity index (χ0n) is 17.0. The van der Waals surface area contributed by atoms with E-state index >= 15 is 0 Å². The first-order valence-corrected chi connectivity index (χ1v) is 9.91. The van der Waals surface area contributed by atoms with Crippen molar-refractivity contribution in [2.75, 3.05) is 11.9 Å². The van der Waals surface area contributed by atoms with Gasteiger partial charge in [0.05, 0.1) is 0 Å². The van der Waals surface area contributed by atoms with Gasteiger partial charge in [-0.25, -0.2) is 4.79 Å². The van der Waals surface area contributed by atoms with Crippen LogP contribution in [0.3, 0.4) is 0 Å². The first-order chi connectivity index (χ1) is 13.8. The lowest BCUT2D eigenvalue weighted by molar-refractivity contribution is -0.133. The van der Waals surface area contributed by atoms with Crippen molar-refractivity contribution in [1.29, 1.82) is 0 Å². The summed E-state index contributed by atoms with van der Waals surface area (Å²) in [6.45, 7) is 5.34. The summed E-state index contributed by atoms with van der Waals surface area (Å²) in [6.07, 6.45) is 3.15. The van der Waals surface area contributed by atoms with Gasteiger partial charge < -0.3 is 10.6 Å². The molecule has 6 heteroatoms. The van der Waals surface area contributed by atoms with Crippen LogP contribution in [0, 0.1) is 13.8 Å². The number of rotatable bonds is 4. The Hall–Kier alpha value is -3.15. The number of fused-ring (bicyclic) bond motifs is 1. The number of aryl methyl sites for hydroxylation is 4. The summed E-state index contributed by atoms with van der Waals surface area (Å²) < 4.78 is 0. The fraction of sp³-hybridized carbons (Fsp3) is 0.348. The van der Waals surface area contributed by atoms with E-state index in [1.165, 1.54) is 11.1 Å². The summed E-state index contributed by atoms with van der Waals surface area (Å²) >= 11 is 0. The fourth-order valence-corrected chi connectivity index (χ4v) is 4.08. The van der Waals surface area contributed by atoms with E-state index in [1.807, 2.05) is 44.2 Å². The number of imide groups is 1. The maximum atomic E-state index is 13.1. The molecular formula is C23H25N3O3. The molecule has 1 atom stereocenters. The Morgan fingerprint density at radius 2 is 1.83 bits per heavy atom. The number of hydrogen-bond donors (Lipinski definition) is 2. The molecule has 2 aromatic rings. The summed E-state index contributed by atoms with van der Waals surface area (Å²) in [5.74, 6) is -0.814. The Labute approximate surface area is 170 Å². The van der Waals surface area contributed by atoms with Gasteiger partial charge in [0.2, 0.25) is 5.91 Å². The minimum Gasteiger partial charge on any atom is -0.325 e. The highest BCUT2D eigenvalue weighted by Gasteiger charge is 2.49. The van der Waals surface area contributed by atoms with E-state index in [0.717, 1.165) is 40.9 Å². The third-order valence-corrected chi connectivity index (χ3v) is 6.04. The predicted octanol–water partition coefficient (Wildman–Crippen LogP) is 3.20. The van der Waals surface area contributed by atoms with Crippen LogP contribution < -0.4 is 10.6 Å². The largest absolute Gasteiger partial charge is 0.325 e. The van der Waals surface area contributed by atoms with Crippen LogP contribution in [0.1, 0.15) is 41.2 Å². The topological polar surface area (TPSA) is 78.5 Å². The van der Waals surface area contributed by atoms with Crippen LogP contribution in [-0.2, 0) is 28.0 Å². The number of hydrogen-bond acceptors (Lipinski definition) is 3. The van der Waals surface area contributed by atoms with Gasteiger partial charge in [-0.3, -0.25) is 14.5 Å². The molecule has 4 amide bonds. The molecule has 29 heavy (non-hydrogen) atoms. The van der Waals surface area contributed by atoms with Crippen molar-refractivity contribution in [2.24, 2.45) is 0 Å². The Morgan fingerprint density at radius 3 is 2.59 bits per heavy atom. The van der Waals surface area contributed by atoms with Crippen molar-refractivity contribution < 1.29 is 14.4 Å². The molecule has 0 aromatic heterocycles. The van der Waals surface area contributed by atoms with Gasteiger partial charge in [0.1, 0.15) is 12.1 Å². The molecule has 6 nitrogen and oxygen atoms in total. The Bertz CT molecular complexity index is 1030. The zero-order chi connectivity index (χ0) is 20.8. The molecule has 150 valence electrons. The molecule has 0 spiro atoms. The van der Waals surface area contributed by atoms with Gasteiger partial charge in [-0.1, -0.05) is 24.3 Å². The molecule has 0 radical (unpaired) electrons. The van der Waals surface area contributed by atoms with Crippen molar-refractivity contribution in [3.05, 3.63) is 64.2 Å². The summed E-state index contributed by atoms with van der Waals surface area (Å²) in [7, 11) is 0. The maximum absolute atomic E-state index is 13.1. The van der Waals surface area contributed by atoms with Crippen LogP contribution in [0.25, 0.3) is 0 Å². The summed E-state index contributed by atoms with van der Waals surface area (Å²) in [4.78, 5) is 39.1.